The summed E-state index contributed by atoms with van der Waals surface area (Å²) in [5, 5.41) is 3.50. The Morgan fingerprint density at radius 3 is 2.24 bits per heavy atom. The second-order valence-corrected chi connectivity index (χ2v) is 11.5. The van der Waals surface area contributed by atoms with Crippen molar-refractivity contribution >= 4 is 39.1 Å². The average Bonchev–Trinajstić information content (AvgIpc) is 2.87. The second-order valence-electron chi connectivity index (χ2n) is 9.22. The molecular weight excluding hydrogens is 526 g/mol. The Kier molecular flexibility index (Phi) is 12.4. The number of amides is 2. The fraction of sp³-hybridized carbons (Fsp3) is 0.500. The fourth-order valence-corrected chi connectivity index (χ4v) is 5.21. The zero-order valence-electron chi connectivity index (χ0n) is 22.9. The van der Waals surface area contributed by atoms with Crippen LogP contribution in [0.25, 0.3) is 0 Å². The number of nitrogens with zero attached hydrogens (tertiary/aromatic N) is 2. The van der Waals surface area contributed by atoms with Crippen molar-refractivity contribution in [2.24, 2.45) is 0 Å². The van der Waals surface area contributed by atoms with E-state index in [1.54, 1.807) is 35.2 Å². The third-order valence-corrected chi connectivity index (χ3v) is 7.84. The molecule has 0 aromatic heterocycles. The summed E-state index contributed by atoms with van der Waals surface area (Å²) < 4.78 is 31.8. The second kappa shape index (κ2) is 15.0. The molecule has 0 saturated heterocycles. The maximum absolute atomic E-state index is 13.5. The van der Waals surface area contributed by atoms with Gasteiger partial charge in [0.05, 0.1) is 18.6 Å². The smallest absolute Gasteiger partial charge is 0.243 e. The number of halogens is 1. The Morgan fingerprint density at radius 1 is 1.03 bits per heavy atom. The molecule has 0 saturated carbocycles. The van der Waals surface area contributed by atoms with Crippen molar-refractivity contribution in [2.75, 3.05) is 23.7 Å². The van der Waals surface area contributed by atoms with E-state index >= 15 is 0 Å². The first-order chi connectivity index (χ1) is 18.0. The lowest BCUT2D eigenvalue weighted by Gasteiger charge is -2.32. The van der Waals surface area contributed by atoms with Crippen LogP contribution in [0.5, 0.6) is 5.75 Å². The first-order valence-electron chi connectivity index (χ1n) is 13.1. The highest BCUT2D eigenvalue weighted by Gasteiger charge is 2.29. The van der Waals surface area contributed by atoms with E-state index in [1.807, 2.05) is 45.9 Å². The summed E-state index contributed by atoms with van der Waals surface area (Å²) in [7, 11) is -3.58. The largest absolute Gasteiger partial charge is 0.494 e. The van der Waals surface area contributed by atoms with Gasteiger partial charge in [-0.2, -0.15) is 0 Å². The van der Waals surface area contributed by atoms with Crippen molar-refractivity contribution in [3.05, 3.63) is 59.1 Å². The van der Waals surface area contributed by atoms with E-state index in [1.165, 1.54) is 4.31 Å². The first-order valence-corrected chi connectivity index (χ1v) is 15.3. The fourth-order valence-electron chi connectivity index (χ4n) is 4.05. The van der Waals surface area contributed by atoms with Gasteiger partial charge in [-0.3, -0.25) is 13.9 Å². The summed E-state index contributed by atoms with van der Waals surface area (Å²) in [6, 6.07) is 13.3. The van der Waals surface area contributed by atoms with Gasteiger partial charge in [0.1, 0.15) is 11.8 Å². The van der Waals surface area contributed by atoms with Crippen molar-refractivity contribution in [1.29, 1.82) is 0 Å². The molecule has 0 aliphatic rings. The Hall–Kier alpha value is -2.78. The molecule has 0 spiro atoms. The van der Waals surface area contributed by atoms with Crippen LogP contribution in [-0.2, 0) is 26.2 Å². The predicted octanol–water partition coefficient (Wildman–Crippen LogP) is 5.01. The van der Waals surface area contributed by atoms with Gasteiger partial charge < -0.3 is 15.0 Å². The highest BCUT2D eigenvalue weighted by molar-refractivity contribution is 7.92. The number of hydrogen-bond acceptors (Lipinski definition) is 5. The summed E-state index contributed by atoms with van der Waals surface area (Å²) in [6.45, 7) is 8.46. The topological polar surface area (TPSA) is 96.0 Å². The molecule has 0 radical (unpaired) electrons. The van der Waals surface area contributed by atoms with Crippen LogP contribution in [-0.4, -0.2) is 56.6 Å². The van der Waals surface area contributed by atoms with Gasteiger partial charge in [-0.15, -0.1) is 0 Å². The highest BCUT2D eigenvalue weighted by atomic mass is 35.5. The number of nitrogens with one attached hydrogen (secondary N) is 1. The molecule has 2 aromatic rings. The standard InChI is InChI=1S/C28H40ClN3O5S/c1-6-21(4)30-28(34)26(7-2)31(20-22-12-9-10-13-25(22)29)27(33)14-11-19-32(38(5,35)36)23-15-17-24(18-16-23)37-8-3/h9-10,12-13,15-18,21,26H,6-8,11,14,19-20H2,1-5H3,(H,30,34). The Morgan fingerprint density at radius 2 is 1.68 bits per heavy atom. The number of benzene rings is 2. The number of sulfonamides is 1. The van der Waals surface area contributed by atoms with Crippen LogP contribution in [0.2, 0.25) is 5.02 Å². The molecule has 2 unspecified atom stereocenters. The number of carbonyl (C=O) groups excluding carboxylic acids is 2. The highest BCUT2D eigenvalue weighted by Crippen LogP contribution is 2.24. The van der Waals surface area contributed by atoms with Gasteiger partial charge in [-0.05, 0) is 69.0 Å². The zero-order chi connectivity index (χ0) is 28.3. The zero-order valence-corrected chi connectivity index (χ0v) is 24.5. The summed E-state index contributed by atoms with van der Waals surface area (Å²) in [6.07, 6.45) is 2.69. The van der Waals surface area contributed by atoms with Gasteiger partial charge in [0.2, 0.25) is 21.8 Å². The van der Waals surface area contributed by atoms with Crippen molar-refractivity contribution in [3.63, 3.8) is 0 Å². The number of ether oxygens (including phenoxy) is 1. The van der Waals surface area contributed by atoms with Gasteiger partial charge in [-0.1, -0.05) is 43.6 Å². The van der Waals surface area contributed by atoms with E-state index in [0.29, 0.717) is 29.5 Å². The van der Waals surface area contributed by atoms with E-state index in [0.717, 1.165) is 18.2 Å². The van der Waals surface area contributed by atoms with Crippen LogP contribution in [0.4, 0.5) is 5.69 Å². The molecule has 0 aliphatic carbocycles. The summed E-state index contributed by atoms with van der Waals surface area (Å²) in [5.41, 5.74) is 1.24. The summed E-state index contributed by atoms with van der Waals surface area (Å²) in [5.74, 6) is 0.196. The SMILES string of the molecule is CCOc1ccc(N(CCCC(=O)N(Cc2ccccc2Cl)C(CC)C(=O)NC(C)CC)S(C)(=O)=O)cc1. The number of carbonyl (C=O) groups is 2. The number of rotatable bonds is 15. The molecule has 0 heterocycles. The van der Waals surface area contributed by atoms with E-state index < -0.39 is 16.1 Å². The molecule has 2 rings (SSSR count). The quantitative estimate of drug-likeness (QED) is 0.327. The van der Waals surface area contributed by atoms with Crippen LogP contribution < -0.4 is 14.4 Å². The minimum absolute atomic E-state index is 0.0220. The van der Waals surface area contributed by atoms with Gasteiger partial charge >= 0.3 is 0 Å². The van der Waals surface area contributed by atoms with Gasteiger partial charge in [-0.25, -0.2) is 8.42 Å². The lowest BCUT2D eigenvalue weighted by atomic mass is 10.1. The predicted molar refractivity (Wildman–Crippen MR) is 153 cm³/mol. The van der Waals surface area contributed by atoms with E-state index in [4.69, 9.17) is 16.3 Å². The Bertz CT molecular complexity index is 1160. The molecule has 0 bridgehead atoms. The molecule has 2 aromatic carbocycles. The third kappa shape index (κ3) is 9.20. The lowest BCUT2D eigenvalue weighted by molar-refractivity contribution is -0.141. The molecule has 1 N–H and O–H groups in total. The van der Waals surface area contributed by atoms with Crippen molar-refractivity contribution in [1.82, 2.24) is 10.2 Å². The first kappa shape index (κ1) is 31.4. The van der Waals surface area contributed by atoms with Crippen molar-refractivity contribution in [3.8, 4) is 5.75 Å². The Labute approximate surface area is 232 Å². The molecule has 10 heteroatoms. The monoisotopic (exact) mass is 565 g/mol. The van der Waals surface area contributed by atoms with Gasteiger partial charge in [0.25, 0.3) is 0 Å². The van der Waals surface area contributed by atoms with Crippen LogP contribution in [0.1, 0.15) is 58.9 Å². The van der Waals surface area contributed by atoms with E-state index in [-0.39, 0.29) is 43.8 Å². The van der Waals surface area contributed by atoms with E-state index in [2.05, 4.69) is 5.32 Å². The minimum atomic E-state index is -3.58. The molecular formula is C28H40ClN3O5S. The van der Waals surface area contributed by atoms with Crippen molar-refractivity contribution < 1.29 is 22.7 Å². The number of hydrogen-bond donors (Lipinski definition) is 1. The minimum Gasteiger partial charge on any atom is -0.494 e. The normalized spacial score (nSPS) is 12.9. The maximum atomic E-state index is 13.5. The van der Waals surface area contributed by atoms with Gasteiger partial charge in [0.15, 0.2) is 0 Å². The average molecular weight is 566 g/mol. The van der Waals surface area contributed by atoms with Crippen LogP contribution in [0, 0.1) is 0 Å². The molecule has 2 amide bonds. The molecule has 0 fully saturated rings. The lowest BCUT2D eigenvalue weighted by Crippen LogP contribution is -2.50. The van der Waals surface area contributed by atoms with Crippen LogP contribution >= 0.6 is 11.6 Å². The van der Waals surface area contributed by atoms with Gasteiger partial charge in [0, 0.05) is 30.6 Å². The Balaban J connectivity index is 2.22. The van der Waals surface area contributed by atoms with E-state index in [9.17, 15) is 18.0 Å². The molecule has 0 aliphatic heterocycles. The molecule has 8 nitrogen and oxygen atoms in total. The maximum Gasteiger partial charge on any atom is 0.243 e. The van der Waals surface area contributed by atoms with Crippen molar-refractivity contribution in [2.45, 2.75) is 72.0 Å². The van der Waals surface area contributed by atoms with Crippen LogP contribution in [0.15, 0.2) is 48.5 Å². The molecule has 210 valence electrons. The number of anilines is 1. The van der Waals surface area contributed by atoms with Crippen LogP contribution in [0.3, 0.4) is 0 Å². The molecule has 2 atom stereocenters. The third-order valence-electron chi connectivity index (χ3n) is 6.27. The summed E-state index contributed by atoms with van der Waals surface area (Å²) in [4.78, 5) is 28.2. The summed E-state index contributed by atoms with van der Waals surface area (Å²) >= 11 is 6.38. The molecule has 38 heavy (non-hydrogen) atoms.